The first kappa shape index (κ1) is 17.8. The van der Waals surface area contributed by atoms with E-state index in [-0.39, 0.29) is 5.41 Å². The van der Waals surface area contributed by atoms with Crippen LogP contribution in [0.2, 0.25) is 0 Å². The molecule has 0 unspecified atom stereocenters. The lowest BCUT2D eigenvalue weighted by atomic mass is 9.89. The van der Waals surface area contributed by atoms with Crippen molar-refractivity contribution in [3.05, 3.63) is 66.4 Å². The highest BCUT2D eigenvalue weighted by atomic mass is 16.5. The lowest BCUT2D eigenvalue weighted by Crippen LogP contribution is -2.47. The fourth-order valence-electron chi connectivity index (χ4n) is 3.32. The van der Waals surface area contributed by atoms with E-state index in [1.807, 2.05) is 41.1 Å². The molecule has 1 N–H and O–H groups in total. The molecule has 0 atom stereocenters. The van der Waals surface area contributed by atoms with Gasteiger partial charge in [0, 0.05) is 35.8 Å². The zero-order chi connectivity index (χ0) is 18.7. The van der Waals surface area contributed by atoms with Crippen LogP contribution in [0.4, 0.5) is 0 Å². The van der Waals surface area contributed by atoms with Gasteiger partial charge in [-0.15, -0.1) is 0 Å². The summed E-state index contributed by atoms with van der Waals surface area (Å²) in [7, 11) is 1.69. The fourth-order valence-corrected chi connectivity index (χ4v) is 3.32. The average molecular weight is 363 g/mol. The van der Waals surface area contributed by atoms with E-state index in [1.165, 1.54) is 0 Å². The number of nitrogens with one attached hydrogen (secondary N) is 1. The summed E-state index contributed by atoms with van der Waals surface area (Å²) in [5.74, 6) is 0.833. The second kappa shape index (κ2) is 7.55. The normalized spacial score (nSPS) is 15.3. The number of rotatable bonds is 7. The maximum Gasteiger partial charge on any atom is 0.119 e. The molecule has 2 aromatic carbocycles. The highest BCUT2D eigenvalue weighted by molar-refractivity contribution is 5.65. The third-order valence-corrected chi connectivity index (χ3v) is 4.92. The smallest absolute Gasteiger partial charge is 0.119 e. The van der Waals surface area contributed by atoms with Gasteiger partial charge in [-0.1, -0.05) is 37.3 Å². The predicted octanol–water partition coefficient (Wildman–Crippen LogP) is 3.67. The van der Waals surface area contributed by atoms with Crippen LogP contribution in [0.15, 0.2) is 60.8 Å². The second-order valence-electron chi connectivity index (χ2n) is 7.42. The Morgan fingerprint density at radius 2 is 1.96 bits per heavy atom. The van der Waals surface area contributed by atoms with Crippen LogP contribution in [0.25, 0.3) is 16.9 Å². The van der Waals surface area contributed by atoms with Gasteiger partial charge in [0.25, 0.3) is 0 Å². The first-order chi connectivity index (χ1) is 13.2. The minimum Gasteiger partial charge on any atom is -0.497 e. The Kier molecular flexibility index (Phi) is 4.97. The first-order valence-electron chi connectivity index (χ1n) is 9.24. The minimum absolute atomic E-state index is 0.242. The summed E-state index contributed by atoms with van der Waals surface area (Å²) in [5, 5.41) is 8.45. The first-order valence-corrected chi connectivity index (χ1v) is 9.24. The minimum atomic E-state index is 0.242. The number of ether oxygens (including phenoxy) is 2. The van der Waals surface area contributed by atoms with Crippen LogP contribution >= 0.6 is 0 Å². The molecule has 5 heteroatoms. The van der Waals surface area contributed by atoms with Crippen LogP contribution in [0, 0.1) is 5.41 Å². The number of hydrogen-bond donors (Lipinski definition) is 1. The van der Waals surface area contributed by atoms with E-state index in [4.69, 9.17) is 14.6 Å². The van der Waals surface area contributed by atoms with E-state index >= 15 is 0 Å². The van der Waals surface area contributed by atoms with Crippen molar-refractivity contribution >= 4 is 0 Å². The van der Waals surface area contributed by atoms with Gasteiger partial charge >= 0.3 is 0 Å². The summed E-state index contributed by atoms with van der Waals surface area (Å²) >= 11 is 0. The van der Waals surface area contributed by atoms with Crippen LogP contribution in [-0.2, 0) is 11.3 Å². The van der Waals surface area contributed by atoms with Crippen molar-refractivity contribution in [2.24, 2.45) is 5.41 Å². The Hall–Kier alpha value is -2.63. The van der Waals surface area contributed by atoms with Gasteiger partial charge in [0.15, 0.2) is 0 Å². The molecule has 5 nitrogen and oxygen atoms in total. The molecule has 0 spiro atoms. The SMILES string of the molecule is COc1cccc(-c2nn(-c3ccccc3)cc2CNCC2(C)COC2)c1. The van der Waals surface area contributed by atoms with Crippen LogP contribution in [0.3, 0.4) is 0 Å². The Labute approximate surface area is 159 Å². The van der Waals surface area contributed by atoms with Gasteiger partial charge in [0.1, 0.15) is 5.75 Å². The molecule has 1 fully saturated rings. The third kappa shape index (κ3) is 3.89. The molecule has 0 radical (unpaired) electrons. The molecular formula is C22H25N3O2. The molecule has 0 amide bonds. The van der Waals surface area contributed by atoms with Gasteiger partial charge in [-0.2, -0.15) is 5.10 Å². The zero-order valence-electron chi connectivity index (χ0n) is 15.8. The van der Waals surface area contributed by atoms with Crippen molar-refractivity contribution in [1.29, 1.82) is 0 Å². The van der Waals surface area contributed by atoms with E-state index < -0.39 is 0 Å². The van der Waals surface area contributed by atoms with Crippen LogP contribution in [0.1, 0.15) is 12.5 Å². The molecule has 1 aliphatic rings. The Morgan fingerprint density at radius 1 is 1.15 bits per heavy atom. The van der Waals surface area contributed by atoms with Gasteiger partial charge in [0.2, 0.25) is 0 Å². The highest BCUT2D eigenvalue weighted by Gasteiger charge is 2.32. The molecule has 4 rings (SSSR count). The molecule has 27 heavy (non-hydrogen) atoms. The van der Waals surface area contributed by atoms with Crippen LogP contribution in [-0.4, -0.2) is 36.6 Å². The standard InChI is InChI=1S/C22H25N3O2/c1-22(15-27-16-22)14-23-12-18-13-25(19-8-4-3-5-9-19)24-21(18)17-7-6-10-20(11-17)26-2/h3-11,13,23H,12,14-16H2,1-2H3. The molecule has 1 saturated heterocycles. The lowest BCUT2D eigenvalue weighted by Gasteiger charge is -2.38. The van der Waals surface area contributed by atoms with Crippen LogP contribution < -0.4 is 10.1 Å². The number of benzene rings is 2. The summed E-state index contributed by atoms with van der Waals surface area (Å²) in [5.41, 5.74) is 4.48. The van der Waals surface area contributed by atoms with E-state index in [2.05, 4.69) is 36.6 Å². The van der Waals surface area contributed by atoms with Gasteiger partial charge in [-0.05, 0) is 24.3 Å². The molecular weight excluding hydrogens is 338 g/mol. The van der Waals surface area contributed by atoms with Crippen molar-refractivity contribution < 1.29 is 9.47 Å². The van der Waals surface area contributed by atoms with Crippen molar-refractivity contribution in [3.8, 4) is 22.7 Å². The number of hydrogen-bond acceptors (Lipinski definition) is 4. The summed E-state index contributed by atoms with van der Waals surface area (Å²) < 4.78 is 12.7. The topological polar surface area (TPSA) is 48.3 Å². The molecule has 0 bridgehead atoms. The Bertz CT molecular complexity index is 901. The summed E-state index contributed by atoms with van der Waals surface area (Å²) in [6, 6.07) is 18.2. The molecule has 3 aromatic rings. The van der Waals surface area contributed by atoms with Gasteiger partial charge in [-0.25, -0.2) is 4.68 Å². The quantitative estimate of drug-likeness (QED) is 0.696. The van der Waals surface area contributed by atoms with Gasteiger partial charge < -0.3 is 14.8 Å². The van der Waals surface area contributed by atoms with Crippen molar-refractivity contribution in [1.82, 2.24) is 15.1 Å². The lowest BCUT2D eigenvalue weighted by molar-refractivity contribution is -0.0991. The van der Waals surface area contributed by atoms with Crippen molar-refractivity contribution in [3.63, 3.8) is 0 Å². The maximum atomic E-state index is 5.39. The molecule has 2 heterocycles. The second-order valence-corrected chi connectivity index (χ2v) is 7.42. The Morgan fingerprint density at radius 3 is 2.67 bits per heavy atom. The van der Waals surface area contributed by atoms with E-state index in [0.717, 1.165) is 54.6 Å². The molecule has 0 saturated carbocycles. The Balaban J connectivity index is 1.63. The number of nitrogens with zero attached hydrogens (tertiary/aromatic N) is 2. The summed E-state index contributed by atoms with van der Waals surface area (Å²) in [6.45, 7) is 5.59. The average Bonchev–Trinajstić information content (AvgIpc) is 3.11. The van der Waals surface area contributed by atoms with Crippen molar-refractivity contribution in [2.75, 3.05) is 26.9 Å². The van der Waals surface area contributed by atoms with Crippen molar-refractivity contribution in [2.45, 2.75) is 13.5 Å². The summed E-state index contributed by atoms with van der Waals surface area (Å²) in [6.07, 6.45) is 2.11. The molecule has 0 aliphatic carbocycles. The van der Waals surface area contributed by atoms with Gasteiger partial charge in [0.05, 0.1) is 31.7 Å². The predicted molar refractivity (Wildman–Crippen MR) is 106 cm³/mol. The zero-order valence-corrected chi connectivity index (χ0v) is 15.8. The van der Waals surface area contributed by atoms with Crippen LogP contribution in [0.5, 0.6) is 5.75 Å². The largest absolute Gasteiger partial charge is 0.497 e. The molecule has 140 valence electrons. The summed E-state index contributed by atoms with van der Waals surface area (Å²) in [4.78, 5) is 0. The van der Waals surface area contributed by atoms with E-state index in [0.29, 0.717) is 0 Å². The van der Waals surface area contributed by atoms with Gasteiger partial charge in [-0.3, -0.25) is 0 Å². The highest BCUT2D eigenvalue weighted by Crippen LogP contribution is 2.28. The van der Waals surface area contributed by atoms with E-state index in [1.54, 1.807) is 7.11 Å². The maximum absolute atomic E-state index is 5.39. The monoisotopic (exact) mass is 363 g/mol. The van der Waals surface area contributed by atoms with E-state index in [9.17, 15) is 0 Å². The number of methoxy groups -OCH3 is 1. The molecule has 1 aliphatic heterocycles. The fraction of sp³-hybridized carbons (Fsp3) is 0.318. The number of para-hydroxylation sites is 1. The molecule has 1 aromatic heterocycles. The third-order valence-electron chi connectivity index (χ3n) is 4.92. The number of aromatic nitrogens is 2.